The largest absolute Gasteiger partial charge is 0.493 e. The van der Waals surface area contributed by atoms with Crippen LogP contribution in [0.3, 0.4) is 0 Å². The van der Waals surface area contributed by atoms with Gasteiger partial charge >= 0.3 is 6.18 Å². The van der Waals surface area contributed by atoms with Crippen molar-refractivity contribution < 1.29 is 32.1 Å². The Hall–Kier alpha value is -3.14. The van der Waals surface area contributed by atoms with Crippen LogP contribution in [-0.4, -0.2) is 35.4 Å². The number of hydrogen-bond donors (Lipinski definition) is 2. The normalized spacial score (nSPS) is 15.8. The lowest BCUT2D eigenvalue weighted by atomic mass is 10.0. The van der Waals surface area contributed by atoms with Crippen molar-refractivity contribution in [2.45, 2.75) is 38.9 Å². The maximum atomic E-state index is 14.7. The molecule has 0 amide bonds. The summed E-state index contributed by atoms with van der Waals surface area (Å²) in [5.74, 6) is 0.280. The minimum atomic E-state index is -4.80. The molecule has 0 aliphatic heterocycles. The molecule has 2 N–H and O–H groups in total. The van der Waals surface area contributed by atoms with Gasteiger partial charge < -0.3 is 19.9 Å². The molecule has 6 nitrogen and oxygen atoms in total. The number of halogens is 4. The highest BCUT2D eigenvalue weighted by molar-refractivity contribution is 5.92. The molecule has 1 atom stereocenters. The number of anilines is 1. The van der Waals surface area contributed by atoms with E-state index in [1.54, 1.807) is 26.0 Å². The Morgan fingerprint density at radius 2 is 1.91 bits per heavy atom. The lowest BCUT2D eigenvalue weighted by Crippen LogP contribution is -2.17. The van der Waals surface area contributed by atoms with Crippen molar-refractivity contribution in [3.05, 3.63) is 53.1 Å². The third kappa shape index (κ3) is 4.72. The van der Waals surface area contributed by atoms with E-state index < -0.39 is 23.6 Å². The number of nitrogens with one attached hydrogen (secondary N) is 1. The number of hydrogen-bond acceptors (Lipinski definition) is 6. The molecule has 1 aliphatic rings. The highest BCUT2D eigenvalue weighted by Gasteiger charge is 2.43. The van der Waals surface area contributed by atoms with E-state index in [1.807, 2.05) is 0 Å². The molecule has 1 unspecified atom stereocenters. The van der Waals surface area contributed by atoms with Crippen LogP contribution in [0.5, 0.6) is 11.5 Å². The fourth-order valence-corrected chi connectivity index (χ4v) is 3.78. The molecule has 1 aliphatic carbocycles. The molecule has 34 heavy (non-hydrogen) atoms. The summed E-state index contributed by atoms with van der Waals surface area (Å²) in [6.07, 6.45) is -3.06. The van der Waals surface area contributed by atoms with Gasteiger partial charge in [-0.05, 0) is 38.8 Å². The molecule has 0 bridgehead atoms. The Morgan fingerprint density at radius 1 is 1.18 bits per heavy atom. The number of fused-ring (bicyclic) bond motifs is 1. The Labute approximate surface area is 193 Å². The molecular formula is C24H25F4N3O3. The SMILES string of the molecule is COc1cc2nc(C)nc(NC(C)c3cccc(C(F)(F)F)c3F)c2cc1OCC1(CO)CC1. The van der Waals surface area contributed by atoms with Crippen LogP contribution in [0, 0.1) is 18.2 Å². The smallest absolute Gasteiger partial charge is 0.419 e. The molecule has 2 aromatic carbocycles. The van der Waals surface area contributed by atoms with Crippen molar-refractivity contribution >= 4 is 16.7 Å². The number of aliphatic hydroxyl groups excluding tert-OH is 1. The van der Waals surface area contributed by atoms with Crippen molar-refractivity contribution in [3.63, 3.8) is 0 Å². The van der Waals surface area contributed by atoms with Crippen molar-refractivity contribution in [1.29, 1.82) is 0 Å². The van der Waals surface area contributed by atoms with Gasteiger partial charge in [-0.15, -0.1) is 0 Å². The van der Waals surface area contributed by atoms with E-state index in [1.165, 1.54) is 19.2 Å². The second-order valence-electron chi connectivity index (χ2n) is 8.66. The quantitative estimate of drug-likeness (QED) is 0.420. The molecule has 0 spiro atoms. The fourth-order valence-electron chi connectivity index (χ4n) is 3.78. The number of alkyl halides is 3. The maximum Gasteiger partial charge on any atom is 0.419 e. The molecule has 3 aromatic rings. The summed E-state index contributed by atoms with van der Waals surface area (Å²) in [4.78, 5) is 8.82. The van der Waals surface area contributed by atoms with Gasteiger partial charge in [0.2, 0.25) is 0 Å². The maximum absolute atomic E-state index is 14.7. The highest BCUT2D eigenvalue weighted by atomic mass is 19.4. The van der Waals surface area contributed by atoms with E-state index in [2.05, 4.69) is 15.3 Å². The first-order valence-electron chi connectivity index (χ1n) is 10.8. The van der Waals surface area contributed by atoms with Crippen molar-refractivity contribution in [2.75, 3.05) is 25.6 Å². The number of rotatable bonds is 8. The fraction of sp³-hybridized carbons (Fsp3) is 0.417. The van der Waals surface area contributed by atoms with Gasteiger partial charge in [0, 0.05) is 22.4 Å². The van der Waals surface area contributed by atoms with E-state index in [-0.39, 0.29) is 17.6 Å². The molecule has 1 saturated carbocycles. The van der Waals surface area contributed by atoms with Crippen LogP contribution in [0.25, 0.3) is 10.9 Å². The second kappa shape index (κ2) is 8.90. The zero-order valence-electron chi connectivity index (χ0n) is 19.0. The van der Waals surface area contributed by atoms with Crippen LogP contribution in [-0.2, 0) is 6.18 Å². The van der Waals surface area contributed by atoms with Crippen LogP contribution in [0.2, 0.25) is 0 Å². The Kier molecular flexibility index (Phi) is 6.28. The Morgan fingerprint density at radius 3 is 2.53 bits per heavy atom. The van der Waals surface area contributed by atoms with Gasteiger partial charge in [-0.25, -0.2) is 14.4 Å². The number of ether oxygens (including phenoxy) is 2. The van der Waals surface area contributed by atoms with Crippen molar-refractivity contribution in [3.8, 4) is 11.5 Å². The third-order valence-electron chi connectivity index (χ3n) is 6.07. The monoisotopic (exact) mass is 479 g/mol. The summed E-state index contributed by atoms with van der Waals surface area (Å²) in [6.45, 7) is 3.57. The van der Waals surface area contributed by atoms with Gasteiger partial charge in [0.25, 0.3) is 0 Å². The van der Waals surface area contributed by atoms with E-state index in [0.717, 1.165) is 12.8 Å². The zero-order valence-corrected chi connectivity index (χ0v) is 19.0. The zero-order chi connectivity index (χ0) is 24.7. The predicted molar refractivity (Wildman–Crippen MR) is 119 cm³/mol. The van der Waals surface area contributed by atoms with Crippen LogP contribution in [0.4, 0.5) is 23.4 Å². The van der Waals surface area contributed by atoms with E-state index in [4.69, 9.17) is 9.47 Å². The molecular weight excluding hydrogens is 454 g/mol. The summed E-state index contributed by atoms with van der Waals surface area (Å²) in [6, 6.07) is 5.73. The first-order valence-corrected chi connectivity index (χ1v) is 10.8. The van der Waals surface area contributed by atoms with Gasteiger partial charge in [-0.2, -0.15) is 13.2 Å². The first kappa shape index (κ1) is 24.0. The van der Waals surface area contributed by atoms with Crippen LogP contribution < -0.4 is 14.8 Å². The molecule has 0 saturated heterocycles. The average molecular weight is 479 g/mol. The Bertz CT molecular complexity index is 1210. The minimum absolute atomic E-state index is 0.0259. The van der Waals surface area contributed by atoms with E-state index in [9.17, 15) is 22.7 Å². The average Bonchev–Trinajstić information content (AvgIpc) is 3.57. The predicted octanol–water partition coefficient (Wildman–Crippen LogP) is 5.43. The van der Waals surface area contributed by atoms with E-state index in [0.29, 0.717) is 46.7 Å². The van der Waals surface area contributed by atoms with Gasteiger partial charge in [0.05, 0.1) is 37.4 Å². The van der Waals surface area contributed by atoms with Crippen molar-refractivity contribution in [2.24, 2.45) is 5.41 Å². The highest BCUT2D eigenvalue weighted by Crippen LogP contribution is 2.46. The minimum Gasteiger partial charge on any atom is -0.493 e. The van der Waals surface area contributed by atoms with Crippen LogP contribution in [0.1, 0.15) is 42.8 Å². The summed E-state index contributed by atoms with van der Waals surface area (Å²) < 4.78 is 65.5. The standard InChI is InChI=1S/C24H25F4N3O3/c1-13(15-5-4-6-17(21(15)25)24(26,27)28)29-22-16-9-20(34-12-23(11-32)7-8-23)19(33-3)10-18(16)30-14(2)31-22/h4-6,9-10,13,32H,7-8,11-12H2,1-3H3,(H,29,30,31). The molecule has 182 valence electrons. The summed E-state index contributed by atoms with van der Waals surface area (Å²) >= 11 is 0. The second-order valence-corrected chi connectivity index (χ2v) is 8.66. The molecule has 4 rings (SSSR count). The molecule has 0 radical (unpaired) electrons. The number of methoxy groups -OCH3 is 1. The van der Waals surface area contributed by atoms with Gasteiger partial charge in [0.1, 0.15) is 17.5 Å². The molecule has 1 aromatic heterocycles. The van der Waals surface area contributed by atoms with Gasteiger partial charge in [0.15, 0.2) is 11.5 Å². The molecule has 1 heterocycles. The Balaban J connectivity index is 1.70. The lowest BCUT2D eigenvalue weighted by molar-refractivity contribution is -0.140. The number of nitrogens with zero attached hydrogens (tertiary/aromatic N) is 2. The summed E-state index contributed by atoms with van der Waals surface area (Å²) in [7, 11) is 1.50. The summed E-state index contributed by atoms with van der Waals surface area (Å²) in [5.41, 5.74) is -1.18. The van der Waals surface area contributed by atoms with Crippen LogP contribution in [0.15, 0.2) is 30.3 Å². The number of benzene rings is 2. The summed E-state index contributed by atoms with van der Waals surface area (Å²) in [5, 5.41) is 13.1. The van der Waals surface area contributed by atoms with Crippen molar-refractivity contribution in [1.82, 2.24) is 9.97 Å². The first-order chi connectivity index (χ1) is 16.1. The molecule has 10 heteroatoms. The van der Waals surface area contributed by atoms with Crippen LogP contribution >= 0.6 is 0 Å². The van der Waals surface area contributed by atoms with Gasteiger partial charge in [-0.1, -0.05) is 12.1 Å². The topological polar surface area (TPSA) is 76.5 Å². The number of aromatic nitrogens is 2. The number of aryl methyl sites for hydroxylation is 1. The lowest BCUT2D eigenvalue weighted by Gasteiger charge is -2.20. The number of aliphatic hydroxyl groups is 1. The molecule has 1 fully saturated rings. The van der Waals surface area contributed by atoms with Gasteiger partial charge in [-0.3, -0.25) is 0 Å². The third-order valence-corrected chi connectivity index (χ3v) is 6.07. The van der Waals surface area contributed by atoms with E-state index >= 15 is 0 Å².